The van der Waals surface area contributed by atoms with Crippen molar-refractivity contribution in [3.8, 4) is 11.5 Å². The zero-order valence-corrected chi connectivity index (χ0v) is 11.3. The summed E-state index contributed by atoms with van der Waals surface area (Å²) in [5, 5.41) is 13.6. The lowest BCUT2D eigenvalue weighted by atomic mass is 10.1. The average Bonchev–Trinajstić information content (AvgIpc) is 2.46. The van der Waals surface area contributed by atoms with E-state index in [0.717, 1.165) is 4.68 Å². The van der Waals surface area contributed by atoms with Crippen LogP contribution in [0.25, 0.3) is 10.8 Å². The summed E-state index contributed by atoms with van der Waals surface area (Å²) in [5.41, 5.74) is -0.559. The molecule has 0 aliphatic carbocycles. The smallest absolute Gasteiger partial charge is 0.357 e. The fraction of sp³-hybridized carbons (Fsp3) is 0.308. The Bertz CT molecular complexity index is 736. The molecule has 0 atom stereocenters. The van der Waals surface area contributed by atoms with Gasteiger partial charge in [-0.1, -0.05) is 0 Å². The molecule has 0 radical (unpaired) electrons. The van der Waals surface area contributed by atoms with Gasteiger partial charge in [0.25, 0.3) is 5.56 Å². The van der Waals surface area contributed by atoms with Gasteiger partial charge in [0, 0.05) is 11.9 Å². The highest BCUT2D eigenvalue weighted by Gasteiger charge is 2.18. The Balaban J connectivity index is 2.96. The zero-order chi connectivity index (χ0) is 14.9. The maximum atomic E-state index is 12.2. The Morgan fingerprint density at radius 2 is 1.80 bits per heavy atom. The molecule has 7 heteroatoms. The second-order valence-corrected chi connectivity index (χ2v) is 4.03. The number of hydrogen-bond donors (Lipinski definition) is 1. The van der Waals surface area contributed by atoms with Gasteiger partial charge < -0.3 is 14.6 Å². The monoisotopic (exact) mass is 278 g/mol. The minimum absolute atomic E-state index is 0.192. The number of nitrogens with zero attached hydrogens (tertiary/aromatic N) is 2. The molecule has 0 aliphatic rings. The highest BCUT2D eigenvalue weighted by Crippen LogP contribution is 2.31. The van der Waals surface area contributed by atoms with Gasteiger partial charge in [0.15, 0.2) is 17.2 Å². The van der Waals surface area contributed by atoms with E-state index in [1.807, 2.05) is 0 Å². The van der Waals surface area contributed by atoms with Crippen LogP contribution in [0.5, 0.6) is 11.5 Å². The van der Waals surface area contributed by atoms with Crippen molar-refractivity contribution in [2.24, 2.45) is 0 Å². The third-order valence-corrected chi connectivity index (χ3v) is 2.97. The number of hydrogen-bond acceptors (Lipinski definition) is 5. The van der Waals surface area contributed by atoms with Crippen LogP contribution >= 0.6 is 0 Å². The van der Waals surface area contributed by atoms with Crippen LogP contribution in [0.3, 0.4) is 0 Å². The van der Waals surface area contributed by atoms with Gasteiger partial charge in [-0.15, -0.1) is 0 Å². The number of rotatable bonds is 4. The van der Waals surface area contributed by atoms with Crippen molar-refractivity contribution in [3.05, 3.63) is 28.2 Å². The van der Waals surface area contributed by atoms with Gasteiger partial charge >= 0.3 is 5.97 Å². The standard InChI is InChI=1S/C13H14N2O5/c1-4-15-12(16)8-6-10(20-3)9(19-2)5-7(8)11(14-15)13(17)18/h5-6H,4H2,1-3H3,(H,17,18). The van der Waals surface area contributed by atoms with Crippen LogP contribution < -0.4 is 15.0 Å². The average molecular weight is 278 g/mol. The molecule has 0 amide bonds. The highest BCUT2D eigenvalue weighted by molar-refractivity contribution is 6.02. The molecule has 0 saturated carbocycles. The van der Waals surface area contributed by atoms with Gasteiger partial charge in [0.2, 0.25) is 0 Å². The van der Waals surface area contributed by atoms with Gasteiger partial charge in [-0.25, -0.2) is 9.48 Å². The topological polar surface area (TPSA) is 90.7 Å². The van der Waals surface area contributed by atoms with Crippen LogP contribution in [0, 0.1) is 0 Å². The molecule has 7 nitrogen and oxygen atoms in total. The fourth-order valence-corrected chi connectivity index (χ4v) is 1.98. The summed E-state index contributed by atoms with van der Waals surface area (Å²) in [6, 6.07) is 2.92. The number of aromatic nitrogens is 2. The van der Waals surface area contributed by atoms with Crippen LogP contribution in [0.15, 0.2) is 16.9 Å². The quantitative estimate of drug-likeness (QED) is 0.901. The zero-order valence-electron chi connectivity index (χ0n) is 11.3. The van der Waals surface area contributed by atoms with E-state index in [1.165, 1.54) is 26.4 Å². The fourth-order valence-electron chi connectivity index (χ4n) is 1.98. The molecule has 0 fully saturated rings. The molecule has 1 N–H and O–H groups in total. The van der Waals surface area contributed by atoms with E-state index < -0.39 is 5.97 Å². The summed E-state index contributed by atoms with van der Waals surface area (Å²) in [7, 11) is 2.88. The first-order valence-corrected chi connectivity index (χ1v) is 5.93. The van der Waals surface area contributed by atoms with Gasteiger partial charge in [0.1, 0.15) is 0 Å². The summed E-state index contributed by atoms with van der Waals surface area (Å²) < 4.78 is 11.4. The van der Waals surface area contributed by atoms with Gasteiger partial charge in [-0.05, 0) is 19.1 Å². The SMILES string of the molecule is CCn1nc(C(=O)O)c2cc(OC)c(OC)cc2c1=O. The Morgan fingerprint density at radius 1 is 1.25 bits per heavy atom. The summed E-state index contributed by atoms with van der Waals surface area (Å²) in [5.74, 6) is -0.496. The van der Waals surface area contributed by atoms with Crippen molar-refractivity contribution in [3.63, 3.8) is 0 Å². The number of aryl methyl sites for hydroxylation is 1. The van der Waals surface area contributed by atoms with Crippen molar-refractivity contribution < 1.29 is 19.4 Å². The van der Waals surface area contributed by atoms with Crippen LogP contribution in [0.2, 0.25) is 0 Å². The largest absolute Gasteiger partial charge is 0.493 e. The molecule has 0 bridgehead atoms. The lowest BCUT2D eigenvalue weighted by Crippen LogP contribution is -2.25. The summed E-state index contributed by atoms with van der Waals surface area (Å²) in [6.07, 6.45) is 0. The summed E-state index contributed by atoms with van der Waals surface area (Å²) in [4.78, 5) is 23.5. The minimum Gasteiger partial charge on any atom is -0.493 e. The number of ether oxygens (including phenoxy) is 2. The molecule has 2 aromatic rings. The predicted molar refractivity (Wildman–Crippen MR) is 71.7 cm³/mol. The van der Waals surface area contributed by atoms with E-state index >= 15 is 0 Å². The molecular formula is C13H14N2O5. The maximum absolute atomic E-state index is 12.2. The second kappa shape index (κ2) is 5.20. The molecule has 106 valence electrons. The van der Waals surface area contributed by atoms with E-state index in [4.69, 9.17) is 9.47 Å². The molecule has 0 aliphatic heterocycles. The summed E-state index contributed by atoms with van der Waals surface area (Å²) >= 11 is 0. The molecule has 1 heterocycles. The van der Waals surface area contributed by atoms with Gasteiger partial charge in [-0.3, -0.25) is 4.79 Å². The molecule has 1 aromatic heterocycles. The van der Waals surface area contributed by atoms with Crippen LogP contribution in [-0.4, -0.2) is 35.1 Å². The first-order chi connectivity index (χ1) is 9.53. The Labute approximate surface area is 114 Å². The predicted octanol–water partition coefficient (Wildman–Crippen LogP) is 1.13. The molecule has 0 unspecified atom stereocenters. The number of carbonyl (C=O) groups is 1. The number of carboxylic acid groups (broad SMARTS) is 1. The van der Waals surface area contributed by atoms with Crippen molar-refractivity contribution >= 4 is 16.7 Å². The van der Waals surface area contributed by atoms with Crippen LogP contribution in [0.1, 0.15) is 17.4 Å². The van der Waals surface area contributed by atoms with E-state index in [-0.39, 0.29) is 28.6 Å². The first-order valence-electron chi connectivity index (χ1n) is 5.93. The Morgan fingerprint density at radius 3 is 2.25 bits per heavy atom. The number of benzene rings is 1. The maximum Gasteiger partial charge on any atom is 0.357 e. The molecule has 0 spiro atoms. The normalized spacial score (nSPS) is 10.6. The number of carboxylic acids is 1. The molecule has 2 rings (SSSR count). The minimum atomic E-state index is -1.20. The number of fused-ring (bicyclic) bond motifs is 1. The molecule has 20 heavy (non-hydrogen) atoms. The van der Waals surface area contributed by atoms with E-state index in [1.54, 1.807) is 6.92 Å². The Kier molecular flexibility index (Phi) is 3.60. The number of methoxy groups -OCH3 is 2. The van der Waals surface area contributed by atoms with E-state index in [9.17, 15) is 14.7 Å². The lowest BCUT2D eigenvalue weighted by Gasteiger charge is -2.11. The van der Waals surface area contributed by atoms with Crippen molar-refractivity contribution in [1.29, 1.82) is 0 Å². The Hall–Kier alpha value is -2.57. The second-order valence-electron chi connectivity index (χ2n) is 4.03. The van der Waals surface area contributed by atoms with Crippen molar-refractivity contribution in [2.45, 2.75) is 13.5 Å². The van der Waals surface area contributed by atoms with Crippen LogP contribution in [0.4, 0.5) is 0 Å². The molecular weight excluding hydrogens is 264 g/mol. The van der Waals surface area contributed by atoms with E-state index in [2.05, 4.69) is 5.10 Å². The van der Waals surface area contributed by atoms with Gasteiger partial charge in [0.05, 0.1) is 19.6 Å². The van der Waals surface area contributed by atoms with Crippen molar-refractivity contribution in [1.82, 2.24) is 9.78 Å². The molecule has 1 aromatic carbocycles. The first kappa shape index (κ1) is 13.9. The van der Waals surface area contributed by atoms with Gasteiger partial charge in [-0.2, -0.15) is 5.10 Å². The third-order valence-electron chi connectivity index (χ3n) is 2.97. The lowest BCUT2D eigenvalue weighted by molar-refractivity contribution is 0.0690. The molecule has 0 saturated heterocycles. The van der Waals surface area contributed by atoms with Crippen molar-refractivity contribution in [2.75, 3.05) is 14.2 Å². The summed E-state index contributed by atoms with van der Waals surface area (Å²) in [6.45, 7) is 2.00. The third kappa shape index (κ3) is 2.07. The number of aromatic carboxylic acids is 1. The van der Waals surface area contributed by atoms with Crippen LogP contribution in [-0.2, 0) is 6.54 Å². The van der Waals surface area contributed by atoms with E-state index in [0.29, 0.717) is 11.5 Å². The highest BCUT2D eigenvalue weighted by atomic mass is 16.5.